The smallest absolute Gasteiger partial charge is 0.104 e. The Kier molecular flexibility index (Phi) is 9.07. The van der Waals surface area contributed by atoms with E-state index in [0.29, 0.717) is 11.1 Å². The van der Waals surface area contributed by atoms with E-state index in [9.17, 15) is 10.5 Å². The normalized spacial score (nSPS) is 12.8. The molecule has 2 aromatic heterocycles. The van der Waals surface area contributed by atoms with Crippen LogP contribution in [0.3, 0.4) is 0 Å². The lowest BCUT2D eigenvalue weighted by molar-refractivity contribution is 0.590. The van der Waals surface area contributed by atoms with E-state index >= 15 is 0 Å². The first-order chi connectivity index (χ1) is 27.6. The minimum atomic E-state index is -0.0924. The van der Waals surface area contributed by atoms with E-state index in [2.05, 4.69) is 195 Å². The van der Waals surface area contributed by atoms with Crippen LogP contribution in [0.4, 0.5) is 0 Å². The maximum atomic E-state index is 11.7. The van der Waals surface area contributed by atoms with Crippen molar-refractivity contribution in [1.29, 1.82) is 10.5 Å². The molecule has 0 fully saturated rings. The highest BCUT2D eigenvalue weighted by Crippen LogP contribution is 2.43. The highest BCUT2D eigenvalue weighted by molar-refractivity contribution is 6.12. The van der Waals surface area contributed by atoms with Gasteiger partial charge in [-0.25, -0.2) is 0 Å². The van der Waals surface area contributed by atoms with Gasteiger partial charge in [-0.1, -0.05) is 138 Å². The predicted octanol–water partition coefficient (Wildman–Crippen LogP) is 14.8. The van der Waals surface area contributed by atoms with Gasteiger partial charge in [0.2, 0.25) is 0 Å². The van der Waals surface area contributed by atoms with Crippen LogP contribution < -0.4 is 0 Å². The fraction of sp³-hybridized carbons (Fsp3) is 0.309. The Bertz CT molecular complexity index is 2790. The third-order valence-corrected chi connectivity index (χ3v) is 12.2. The first-order valence-electron chi connectivity index (χ1n) is 20.9. The van der Waals surface area contributed by atoms with Gasteiger partial charge < -0.3 is 9.13 Å². The van der Waals surface area contributed by atoms with Crippen LogP contribution in [0.1, 0.15) is 122 Å². The van der Waals surface area contributed by atoms with Crippen molar-refractivity contribution in [2.45, 2.75) is 112 Å². The van der Waals surface area contributed by atoms with Gasteiger partial charge in [0.05, 0.1) is 45.1 Å². The maximum absolute atomic E-state index is 11.7. The highest BCUT2D eigenvalue weighted by Gasteiger charge is 2.27. The number of benzene rings is 6. The molecule has 0 aliphatic heterocycles. The zero-order chi connectivity index (χ0) is 42.6. The van der Waals surface area contributed by atoms with E-state index in [-0.39, 0.29) is 21.7 Å². The Hall–Kier alpha value is -6.10. The van der Waals surface area contributed by atoms with Gasteiger partial charge in [0.1, 0.15) is 11.6 Å². The summed E-state index contributed by atoms with van der Waals surface area (Å²) in [4.78, 5) is 0. The second-order valence-electron chi connectivity index (χ2n) is 20.8. The topological polar surface area (TPSA) is 57.4 Å². The summed E-state index contributed by atoms with van der Waals surface area (Å²) in [5.41, 5.74) is 14.5. The lowest BCUT2D eigenvalue weighted by Gasteiger charge is -2.23. The standard InChI is InChI=1S/C55H56N4/c1-33-22-34(31-56)24-35(23-33)36-25-46(58-48-27-37(52(2,3)4)14-18-41(48)42-19-15-38(28-49(42)58)53(5,6)7)45(32-57)47(26-36)59-50-29-39(54(8,9)10)16-20-43(50)44-21-17-40(30-51(44)59)55(11,12)13/h14-30H,1-13H3. The summed E-state index contributed by atoms with van der Waals surface area (Å²) < 4.78 is 4.69. The second kappa shape index (κ2) is 13.5. The molecule has 6 aromatic carbocycles. The zero-order valence-corrected chi connectivity index (χ0v) is 37.1. The minimum Gasteiger partial charge on any atom is -0.308 e. The summed E-state index contributed by atoms with van der Waals surface area (Å²) >= 11 is 0. The molecule has 59 heavy (non-hydrogen) atoms. The van der Waals surface area contributed by atoms with Crippen LogP contribution in [-0.2, 0) is 21.7 Å². The Balaban J connectivity index is 1.62. The molecule has 8 rings (SSSR count). The predicted molar refractivity (Wildman–Crippen MR) is 250 cm³/mol. The highest BCUT2D eigenvalue weighted by atomic mass is 15.0. The molecular formula is C55H56N4. The number of nitrogens with zero attached hydrogens (tertiary/aromatic N) is 4. The van der Waals surface area contributed by atoms with Gasteiger partial charge in [-0.3, -0.25) is 0 Å². The van der Waals surface area contributed by atoms with Crippen molar-refractivity contribution in [3.8, 4) is 34.6 Å². The number of rotatable bonds is 3. The van der Waals surface area contributed by atoms with Crippen LogP contribution in [0.15, 0.2) is 103 Å². The van der Waals surface area contributed by atoms with E-state index < -0.39 is 0 Å². The van der Waals surface area contributed by atoms with Crippen molar-refractivity contribution in [1.82, 2.24) is 9.13 Å². The van der Waals surface area contributed by atoms with Crippen molar-refractivity contribution in [3.63, 3.8) is 0 Å². The molecule has 0 saturated carbocycles. The summed E-state index contributed by atoms with van der Waals surface area (Å²) in [6, 6.07) is 43.0. The Morgan fingerprint density at radius 2 is 0.712 bits per heavy atom. The van der Waals surface area contributed by atoms with Crippen molar-refractivity contribution in [3.05, 3.63) is 142 Å². The number of hydrogen-bond acceptors (Lipinski definition) is 2. The van der Waals surface area contributed by atoms with Gasteiger partial charge >= 0.3 is 0 Å². The fourth-order valence-electron chi connectivity index (χ4n) is 8.68. The van der Waals surface area contributed by atoms with Crippen molar-refractivity contribution in [2.75, 3.05) is 0 Å². The molecule has 8 aromatic rings. The number of fused-ring (bicyclic) bond motifs is 6. The van der Waals surface area contributed by atoms with Gasteiger partial charge in [0.25, 0.3) is 0 Å². The molecule has 296 valence electrons. The van der Waals surface area contributed by atoms with Gasteiger partial charge in [-0.05, 0) is 116 Å². The van der Waals surface area contributed by atoms with E-state index in [1.807, 2.05) is 19.1 Å². The van der Waals surface area contributed by atoms with Crippen LogP contribution >= 0.6 is 0 Å². The molecular weight excluding hydrogens is 717 g/mol. The molecule has 0 amide bonds. The Morgan fingerprint density at radius 3 is 1.00 bits per heavy atom. The first kappa shape index (κ1) is 39.7. The first-order valence-corrected chi connectivity index (χ1v) is 20.9. The maximum Gasteiger partial charge on any atom is 0.104 e. The number of aryl methyl sites for hydroxylation is 1. The molecule has 2 heterocycles. The van der Waals surface area contributed by atoms with Crippen molar-refractivity contribution >= 4 is 43.6 Å². The molecule has 0 radical (unpaired) electrons. The van der Waals surface area contributed by atoms with Gasteiger partial charge in [-0.2, -0.15) is 10.5 Å². The van der Waals surface area contributed by atoms with E-state index in [4.69, 9.17) is 0 Å². The zero-order valence-electron chi connectivity index (χ0n) is 37.1. The average molecular weight is 773 g/mol. The monoisotopic (exact) mass is 772 g/mol. The Morgan fingerprint density at radius 1 is 0.390 bits per heavy atom. The summed E-state index contributed by atoms with van der Waals surface area (Å²) in [5.74, 6) is 0. The SMILES string of the molecule is Cc1cc(C#N)cc(-c2cc(-n3c4cc(C(C)(C)C)ccc4c4ccc(C(C)(C)C)cc43)c(C#N)c(-n3c4cc(C(C)(C)C)ccc4c4ccc(C(C)(C)C)cc43)c2)c1. The largest absolute Gasteiger partial charge is 0.308 e. The van der Waals surface area contributed by atoms with Crippen LogP contribution in [-0.4, -0.2) is 9.13 Å². The quantitative estimate of drug-likeness (QED) is 0.180. The Labute approximate surface area is 350 Å². The molecule has 0 spiro atoms. The van der Waals surface area contributed by atoms with E-state index in [0.717, 1.165) is 71.7 Å². The summed E-state index contributed by atoms with van der Waals surface area (Å²) in [6.45, 7) is 29.1. The van der Waals surface area contributed by atoms with Crippen LogP contribution in [0, 0.1) is 29.6 Å². The summed E-state index contributed by atoms with van der Waals surface area (Å²) in [6.07, 6.45) is 0. The minimum absolute atomic E-state index is 0.0924. The molecule has 0 saturated heterocycles. The third-order valence-electron chi connectivity index (χ3n) is 12.2. The molecule has 0 bridgehead atoms. The molecule has 0 aliphatic rings. The van der Waals surface area contributed by atoms with Crippen molar-refractivity contribution in [2.24, 2.45) is 0 Å². The summed E-state index contributed by atoms with van der Waals surface area (Å²) in [5, 5.41) is 26.4. The van der Waals surface area contributed by atoms with Gasteiger partial charge in [0, 0.05) is 21.5 Å². The lowest BCUT2D eigenvalue weighted by atomic mass is 9.86. The average Bonchev–Trinajstić information content (AvgIpc) is 3.66. The van der Waals surface area contributed by atoms with E-state index in [1.54, 1.807) is 0 Å². The lowest BCUT2D eigenvalue weighted by Crippen LogP contribution is -2.12. The molecule has 0 atom stereocenters. The molecule has 0 aliphatic carbocycles. The van der Waals surface area contributed by atoms with Crippen molar-refractivity contribution < 1.29 is 0 Å². The number of aromatic nitrogens is 2. The number of hydrogen-bond donors (Lipinski definition) is 0. The number of nitriles is 2. The van der Waals surface area contributed by atoms with Crippen LogP contribution in [0.2, 0.25) is 0 Å². The van der Waals surface area contributed by atoms with Crippen LogP contribution in [0.5, 0.6) is 0 Å². The molecule has 0 unspecified atom stereocenters. The molecule has 4 nitrogen and oxygen atoms in total. The third kappa shape index (κ3) is 6.80. The molecule has 0 N–H and O–H groups in total. The van der Waals surface area contributed by atoms with Gasteiger partial charge in [0.15, 0.2) is 0 Å². The van der Waals surface area contributed by atoms with E-state index in [1.165, 1.54) is 22.3 Å². The summed E-state index contributed by atoms with van der Waals surface area (Å²) in [7, 11) is 0. The molecule has 4 heteroatoms. The second-order valence-corrected chi connectivity index (χ2v) is 20.8. The van der Waals surface area contributed by atoms with Gasteiger partial charge in [-0.15, -0.1) is 0 Å². The fourth-order valence-corrected chi connectivity index (χ4v) is 8.68. The van der Waals surface area contributed by atoms with Crippen LogP contribution in [0.25, 0.3) is 66.1 Å².